The van der Waals surface area contributed by atoms with Crippen LogP contribution in [-0.2, 0) is 0 Å². The number of hydrogen-bond donors (Lipinski definition) is 1. The second-order valence-electron chi connectivity index (χ2n) is 4.46. The third-order valence-electron chi connectivity index (χ3n) is 3.15. The molecule has 0 bridgehead atoms. The van der Waals surface area contributed by atoms with E-state index in [2.05, 4.69) is 5.32 Å². The fraction of sp³-hybridized carbons (Fsp3) is 0.385. The number of benzene rings is 1. The van der Waals surface area contributed by atoms with Crippen molar-refractivity contribution in [1.82, 2.24) is 10.2 Å². The van der Waals surface area contributed by atoms with Gasteiger partial charge in [-0.05, 0) is 18.2 Å². The molecule has 1 aliphatic heterocycles. The van der Waals surface area contributed by atoms with Crippen LogP contribution in [-0.4, -0.2) is 43.3 Å². The second-order valence-corrected chi connectivity index (χ2v) is 4.46. The van der Waals surface area contributed by atoms with Gasteiger partial charge in [-0.3, -0.25) is 9.59 Å². The molecule has 0 aliphatic carbocycles. The Morgan fingerprint density at radius 2 is 1.95 bits per heavy atom. The predicted molar refractivity (Wildman–Crippen MR) is 65.2 cm³/mol. The van der Waals surface area contributed by atoms with Gasteiger partial charge in [0.05, 0.1) is 5.92 Å². The van der Waals surface area contributed by atoms with Crippen LogP contribution in [0.5, 0.6) is 0 Å². The molecule has 0 saturated carbocycles. The lowest BCUT2D eigenvalue weighted by Crippen LogP contribution is -2.52. The summed E-state index contributed by atoms with van der Waals surface area (Å²) in [6, 6.07) is 6.23. The van der Waals surface area contributed by atoms with E-state index >= 15 is 0 Å². The maximum absolute atomic E-state index is 12.3. The van der Waals surface area contributed by atoms with Gasteiger partial charge in [-0.25, -0.2) is 8.78 Å². The molecule has 0 aromatic heterocycles. The van der Waals surface area contributed by atoms with Crippen molar-refractivity contribution in [2.24, 2.45) is 5.92 Å². The summed E-state index contributed by atoms with van der Waals surface area (Å²) in [5, 5.41) is 2.46. The van der Waals surface area contributed by atoms with Gasteiger partial charge in [0.15, 0.2) is 0 Å². The smallest absolute Gasteiger partial charge is 0.253 e. The van der Waals surface area contributed by atoms with Crippen molar-refractivity contribution in [1.29, 1.82) is 0 Å². The minimum absolute atomic E-state index is 0.0701. The number of nitrogens with zero attached hydrogens (tertiary/aromatic N) is 1. The number of alkyl halides is 2. The first-order chi connectivity index (χ1) is 9.02. The van der Waals surface area contributed by atoms with E-state index in [4.69, 9.17) is 0 Å². The Balaban J connectivity index is 2.06. The monoisotopic (exact) mass is 268 g/mol. The van der Waals surface area contributed by atoms with E-state index < -0.39 is 12.3 Å². The highest BCUT2D eigenvalue weighted by Gasteiger charge is 2.36. The van der Waals surface area contributed by atoms with Crippen molar-refractivity contribution in [2.45, 2.75) is 6.43 Å². The predicted octanol–water partition coefficient (Wildman–Crippen LogP) is 1.38. The third kappa shape index (κ3) is 2.72. The van der Waals surface area contributed by atoms with Crippen molar-refractivity contribution in [3.63, 3.8) is 0 Å². The summed E-state index contributed by atoms with van der Waals surface area (Å²) in [6.07, 6.45) is -2.39. The van der Waals surface area contributed by atoms with E-state index in [1.807, 2.05) is 0 Å². The zero-order valence-corrected chi connectivity index (χ0v) is 10.4. The van der Waals surface area contributed by atoms with Gasteiger partial charge in [-0.1, -0.05) is 6.07 Å². The number of carbonyl (C=O) groups is 2. The third-order valence-corrected chi connectivity index (χ3v) is 3.15. The van der Waals surface area contributed by atoms with Crippen LogP contribution in [0.25, 0.3) is 0 Å². The normalized spacial score (nSPS) is 15.3. The topological polar surface area (TPSA) is 49.4 Å². The summed E-state index contributed by atoms with van der Waals surface area (Å²) in [4.78, 5) is 24.8. The van der Waals surface area contributed by atoms with Crippen molar-refractivity contribution >= 4 is 11.8 Å². The molecule has 0 spiro atoms. The Morgan fingerprint density at radius 1 is 1.32 bits per heavy atom. The zero-order valence-electron chi connectivity index (χ0n) is 10.4. The number of amides is 2. The van der Waals surface area contributed by atoms with E-state index in [-0.39, 0.29) is 24.9 Å². The molecule has 102 valence electrons. The SMILES string of the molecule is CNC(=O)c1cccc(C(=O)N2CC(C(F)F)C2)c1. The van der Waals surface area contributed by atoms with Gasteiger partial charge in [0.25, 0.3) is 11.8 Å². The molecule has 1 aliphatic rings. The largest absolute Gasteiger partial charge is 0.355 e. The second kappa shape index (κ2) is 5.34. The van der Waals surface area contributed by atoms with Crippen LogP contribution in [0, 0.1) is 5.92 Å². The Bertz CT molecular complexity index is 499. The number of nitrogens with one attached hydrogen (secondary N) is 1. The first-order valence-electron chi connectivity index (χ1n) is 5.92. The van der Waals surface area contributed by atoms with Crippen LogP contribution >= 0.6 is 0 Å². The van der Waals surface area contributed by atoms with Crippen LogP contribution in [0.3, 0.4) is 0 Å². The van der Waals surface area contributed by atoms with Crippen LogP contribution in [0.4, 0.5) is 8.78 Å². The maximum atomic E-state index is 12.3. The van der Waals surface area contributed by atoms with Crippen molar-refractivity contribution in [2.75, 3.05) is 20.1 Å². The molecule has 0 radical (unpaired) electrons. The minimum Gasteiger partial charge on any atom is -0.355 e. The minimum atomic E-state index is -2.39. The molecule has 0 atom stereocenters. The molecule has 6 heteroatoms. The van der Waals surface area contributed by atoms with Crippen molar-refractivity contribution in [3.05, 3.63) is 35.4 Å². The first-order valence-corrected chi connectivity index (χ1v) is 5.92. The summed E-state index contributed by atoms with van der Waals surface area (Å²) >= 11 is 0. The Labute approximate surface area is 109 Å². The van der Waals surface area contributed by atoms with Crippen LogP contribution in [0.2, 0.25) is 0 Å². The van der Waals surface area contributed by atoms with E-state index in [9.17, 15) is 18.4 Å². The number of carbonyl (C=O) groups excluding carboxylic acids is 2. The summed E-state index contributed by atoms with van der Waals surface area (Å²) in [5.74, 6) is -1.34. The summed E-state index contributed by atoms with van der Waals surface area (Å²) in [7, 11) is 1.50. The lowest BCUT2D eigenvalue weighted by molar-refractivity contribution is -0.0152. The summed E-state index contributed by atoms with van der Waals surface area (Å²) in [6.45, 7) is 0.140. The van der Waals surface area contributed by atoms with Gasteiger partial charge in [-0.15, -0.1) is 0 Å². The maximum Gasteiger partial charge on any atom is 0.253 e. The Hall–Kier alpha value is -1.98. The van der Waals surface area contributed by atoms with E-state index in [0.717, 1.165) is 0 Å². The average molecular weight is 268 g/mol. The number of halogens is 2. The lowest BCUT2D eigenvalue weighted by atomic mass is 9.99. The molecule has 1 fully saturated rings. The van der Waals surface area contributed by atoms with Crippen LogP contribution in [0.1, 0.15) is 20.7 Å². The molecule has 0 unspecified atom stereocenters. The molecule has 2 amide bonds. The van der Waals surface area contributed by atoms with Gasteiger partial charge < -0.3 is 10.2 Å². The number of hydrogen-bond acceptors (Lipinski definition) is 2. The van der Waals surface area contributed by atoms with Gasteiger partial charge in [0.2, 0.25) is 6.43 Å². The molecule has 2 rings (SSSR count). The summed E-state index contributed by atoms with van der Waals surface area (Å²) in [5.41, 5.74) is 0.716. The molecular weight excluding hydrogens is 254 g/mol. The first kappa shape index (κ1) is 13.5. The fourth-order valence-corrected chi connectivity index (χ4v) is 1.96. The standard InChI is InChI=1S/C13H14F2N2O2/c1-16-12(18)8-3-2-4-9(5-8)13(19)17-6-10(7-17)11(14)15/h2-5,10-11H,6-7H2,1H3,(H,16,18). The quantitative estimate of drug-likeness (QED) is 0.900. The van der Waals surface area contributed by atoms with Gasteiger partial charge in [0.1, 0.15) is 0 Å². The van der Waals surface area contributed by atoms with Crippen LogP contribution < -0.4 is 5.32 Å². The van der Waals surface area contributed by atoms with Gasteiger partial charge in [-0.2, -0.15) is 0 Å². The Morgan fingerprint density at radius 3 is 2.53 bits per heavy atom. The van der Waals surface area contributed by atoms with Crippen LogP contribution in [0.15, 0.2) is 24.3 Å². The molecule has 19 heavy (non-hydrogen) atoms. The molecule has 1 saturated heterocycles. The number of rotatable bonds is 3. The highest BCUT2D eigenvalue weighted by molar-refractivity contribution is 5.99. The van der Waals surface area contributed by atoms with Gasteiger partial charge >= 0.3 is 0 Å². The summed E-state index contributed by atoms with van der Waals surface area (Å²) < 4.78 is 24.7. The molecule has 1 aromatic rings. The number of likely N-dealkylation sites (tertiary alicyclic amines) is 1. The van der Waals surface area contributed by atoms with E-state index in [1.54, 1.807) is 18.2 Å². The van der Waals surface area contributed by atoms with E-state index in [0.29, 0.717) is 11.1 Å². The zero-order chi connectivity index (χ0) is 14.0. The highest BCUT2D eigenvalue weighted by Crippen LogP contribution is 2.24. The average Bonchev–Trinajstić information content (AvgIpc) is 2.35. The van der Waals surface area contributed by atoms with E-state index in [1.165, 1.54) is 18.0 Å². The molecule has 1 N–H and O–H groups in total. The van der Waals surface area contributed by atoms with Gasteiger partial charge in [0, 0.05) is 31.3 Å². The molecule has 4 nitrogen and oxygen atoms in total. The Kier molecular flexibility index (Phi) is 3.78. The molecule has 1 heterocycles. The highest BCUT2D eigenvalue weighted by atomic mass is 19.3. The lowest BCUT2D eigenvalue weighted by Gasteiger charge is -2.38. The molecular formula is C13H14F2N2O2. The van der Waals surface area contributed by atoms with Crippen molar-refractivity contribution in [3.8, 4) is 0 Å². The fourth-order valence-electron chi connectivity index (χ4n) is 1.96. The van der Waals surface area contributed by atoms with Crippen molar-refractivity contribution < 1.29 is 18.4 Å². The molecule has 1 aromatic carbocycles.